The summed E-state index contributed by atoms with van der Waals surface area (Å²) in [6, 6.07) is 0. The lowest BCUT2D eigenvalue weighted by Crippen LogP contribution is -2.00. The maximum absolute atomic E-state index is 7.00. The van der Waals surface area contributed by atoms with Crippen molar-refractivity contribution in [1.29, 1.82) is 0 Å². The van der Waals surface area contributed by atoms with Crippen LogP contribution in [0, 0.1) is 0 Å². The van der Waals surface area contributed by atoms with Gasteiger partial charge in [-0.05, 0) is 52.4 Å². The van der Waals surface area contributed by atoms with Gasteiger partial charge in [0.25, 0.3) is 0 Å². The van der Waals surface area contributed by atoms with Crippen LogP contribution in [0.2, 0.25) is 52.4 Å². The van der Waals surface area contributed by atoms with E-state index in [1.165, 1.54) is 0 Å². The third-order valence-electron chi connectivity index (χ3n) is 1.89. The lowest BCUT2D eigenvalue weighted by Gasteiger charge is -1.92. The Hall–Kier alpha value is 0.588. The highest BCUT2D eigenvalue weighted by molar-refractivity contribution is 6.49. The molecular weight excluding hydrogens is 417 g/mol. The predicted molar refractivity (Wildman–Crippen MR) is 135 cm³/mol. The van der Waals surface area contributed by atoms with Crippen molar-refractivity contribution in [2.24, 2.45) is 0 Å². The van der Waals surface area contributed by atoms with E-state index in [0.29, 0.717) is 0 Å². The van der Waals surface area contributed by atoms with Crippen LogP contribution in [0.4, 0.5) is 0 Å². The second-order valence-corrected chi connectivity index (χ2v) is 15.4. The van der Waals surface area contributed by atoms with Crippen LogP contribution in [0.15, 0.2) is 0 Å². The molecule has 0 aliphatic carbocycles. The zero-order valence-corrected chi connectivity index (χ0v) is 24.9. The summed E-state index contributed by atoms with van der Waals surface area (Å²) in [6.45, 7) is 17.1. The van der Waals surface area contributed by atoms with Crippen LogP contribution in [0.1, 0.15) is 7.43 Å². The summed E-state index contributed by atoms with van der Waals surface area (Å²) in [4.78, 5) is 0. The molecular formula is C16H56O7Si4. The fourth-order valence-corrected chi connectivity index (χ4v) is 0. The van der Waals surface area contributed by atoms with E-state index in [2.05, 4.69) is 52.4 Å². The molecule has 0 aliphatic heterocycles. The molecule has 27 heavy (non-hydrogen) atoms. The highest BCUT2D eigenvalue weighted by Gasteiger charge is 1.84. The first-order chi connectivity index (χ1) is 12.1. The quantitative estimate of drug-likeness (QED) is 0.538. The first kappa shape index (κ1) is 50.8. The van der Waals surface area contributed by atoms with Gasteiger partial charge in [0.15, 0.2) is 36.2 Å². The van der Waals surface area contributed by atoms with Crippen molar-refractivity contribution in [3.63, 3.8) is 0 Å². The minimum absolute atomic E-state index is 0. The van der Waals surface area contributed by atoms with Crippen LogP contribution < -0.4 is 0 Å². The van der Waals surface area contributed by atoms with Gasteiger partial charge in [-0.2, -0.15) is 0 Å². The minimum Gasteiger partial charge on any atom is -0.424 e. The summed E-state index contributed by atoms with van der Waals surface area (Å²) >= 11 is 0. The van der Waals surface area contributed by atoms with E-state index in [1.54, 1.807) is 28.4 Å². The average Bonchev–Trinajstić information content (AvgIpc) is 2.67. The molecule has 11 heteroatoms. The van der Waals surface area contributed by atoms with Gasteiger partial charge in [0, 0.05) is 49.8 Å². The molecule has 0 aromatic rings. The number of hydrogen-bond donors (Lipinski definition) is 3. The van der Waals surface area contributed by atoms with E-state index in [4.69, 9.17) is 33.0 Å². The lowest BCUT2D eigenvalue weighted by molar-refractivity contribution is 0.399. The molecule has 178 valence electrons. The van der Waals surface area contributed by atoms with Crippen molar-refractivity contribution in [3.8, 4) is 0 Å². The highest BCUT2D eigenvalue weighted by Crippen LogP contribution is 1.74. The Labute approximate surface area is 178 Å². The summed E-state index contributed by atoms with van der Waals surface area (Å²) in [5.41, 5.74) is 0. The van der Waals surface area contributed by atoms with E-state index in [-0.39, 0.29) is 7.43 Å². The van der Waals surface area contributed by atoms with Gasteiger partial charge >= 0.3 is 0 Å². The number of aliphatic hydroxyl groups is 3. The second-order valence-electron chi connectivity index (χ2n) is 5.14. The van der Waals surface area contributed by atoms with Crippen molar-refractivity contribution < 1.29 is 33.0 Å². The van der Waals surface area contributed by atoms with E-state index < -0.39 is 36.2 Å². The minimum atomic E-state index is -0.650. The summed E-state index contributed by atoms with van der Waals surface area (Å²) in [7, 11) is 7.44. The van der Waals surface area contributed by atoms with Crippen molar-refractivity contribution in [1.82, 2.24) is 0 Å². The molecule has 0 fully saturated rings. The first-order valence-corrected chi connectivity index (χ1v) is 19.7. The maximum atomic E-state index is 7.00. The Kier molecular flexibility index (Phi) is 119. The van der Waals surface area contributed by atoms with Gasteiger partial charge in [0.1, 0.15) is 0 Å². The average molecular weight is 473 g/mol. The summed E-state index contributed by atoms with van der Waals surface area (Å²) in [5.74, 6) is 0. The molecule has 0 bridgehead atoms. The topological polar surface area (TPSA) is 97.6 Å². The Morgan fingerprint density at radius 2 is 0.407 bits per heavy atom. The molecule has 0 amide bonds. The molecule has 0 aliphatic rings. The summed E-state index contributed by atoms with van der Waals surface area (Å²) in [6.07, 6.45) is 0. The maximum Gasteiger partial charge on any atom is 0.170 e. The molecule has 7 nitrogen and oxygen atoms in total. The van der Waals surface area contributed by atoms with E-state index >= 15 is 0 Å². The molecule has 3 N–H and O–H groups in total. The van der Waals surface area contributed by atoms with Gasteiger partial charge in [-0.25, -0.2) is 0 Å². The Balaban J connectivity index is -0.0000000268. The molecule has 0 rings (SSSR count). The molecule has 0 heterocycles. The number of rotatable bonds is 4. The zero-order chi connectivity index (χ0) is 23.1. The van der Waals surface area contributed by atoms with Crippen LogP contribution in [0.3, 0.4) is 0 Å². The van der Waals surface area contributed by atoms with Crippen molar-refractivity contribution >= 4 is 36.2 Å². The Morgan fingerprint density at radius 1 is 0.370 bits per heavy atom. The third kappa shape index (κ3) is 218. The molecule has 0 aromatic carbocycles. The van der Waals surface area contributed by atoms with Gasteiger partial charge in [0.2, 0.25) is 0 Å². The van der Waals surface area contributed by atoms with Crippen LogP contribution in [-0.4, -0.2) is 101 Å². The second kappa shape index (κ2) is 63.3. The Bertz CT molecular complexity index is 125. The van der Waals surface area contributed by atoms with Gasteiger partial charge < -0.3 is 33.0 Å². The molecule has 0 unspecified atom stereocenters. The van der Waals surface area contributed by atoms with Gasteiger partial charge in [-0.3, -0.25) is 0 Å². The lowest BCUT2D eigenvalue weighted by atomic mass is 11.8. The van der Waals surface area contributed by atoms with E-state index in [1.807, 2.05) is 0 Å². The SMILES string of the molecule is C.CO.CO.CO.CO[SiH](C)C.CO[SiH](C)C.CO[SiH](C)C.CO[SiH](C)C. The van der Waals surface area contributed by atoms with Crippen LogP contribution in [-0.2, 0) is 17.7 Å². The van der Waals surface area contributed by atoms with E-state index in [0.717, 1.165) is 21.3 Å². The summed E-state index contributed by atoms with van der Waals surface area (Å²) < 4.78 is 19.6. The predicted octanol–water partition coefficient (Wildman–Crippen LogP) is 1.93. The van der Waals surface area contributed by atoms with Gasteiger partial charge in [-0.1, -0.05) is 7.43 Å². The normalized spacial score (nSPS) is 7.78. The zero-order valence-electron chi connectivity index (χ0n) is 20.3. The molecule has 0 spiro atoms. The third-order valence-corrected chi connectivity index (χ3v) is 5.66. The van der Waals surface area contributed by atoms with Gasteiger partial charge in [0.05, 0.1) is 0 Å². The molecule has 0 saturated carbocycles. The van der Waals surface area contributed by atoms with Crippen molar-refractivity contribution in [2.45, 2.75) is 59.8 Å². The number of hydrogen-bond acceptors (Lipinski definition) is 7. The van der Waals surface area contributed by atoms with Crippen LogP contribution in [0.5, 0.6) is 0 Å². The summed E-state index contributed by atoms with van der Waals surface area (Å²) in [5, 5.41) is 21.0. The fourth-order valence-electron chi connectivity index (χ4n) is 0. The molecule has 0 radical (unpaired) electrons. The number of aliphatic hydroxyl groups excluding tert-OH is 3. The van der Waals surface area contributed by atoms with Crippen molar-refractivity contribution in [3.05, 3.63) is 0 Å². The smallest absolute Gasteiger partial charge is 0.170 e. The first-order valence-electron chi connectivity index (χ1n) is 8.54. The highest BCUT2D eigenvalue weighted by atomic mass is 28.3. The largest absolute Gasteiger partial charge is 0.424 e. The van der Waals surface area contributed by atoms with Gasteiger partial charge in [-0.15, -0.1) is 0 Å². The van der Waals surface area contributed by atoms with Crippen LogP contribution in [0.25, 0.3) is 0 Å². The Morgan fingerprint density at radius 3 is 0.407 bits per heavy atom. The standard InChI is InChI=1S/4C3H10OSi.3CH4O.CH4/c4*1-4-5(2)3;3*1-2;/h4*5H,1-3H3;3*2H,1H3;1H4. The molecule has 0 atom stereocenters. The molecule has 0 saturated heterocycles. The van der Waals surface area contributed by atoms with E-state index in [9.17, 15) is 0 Å². The fraction of sp³-hybridized carbons (Fsp3) is 1.00. The van der Waals surface area contributed by atoms with Crippen LogP contribution >= 0.6 is 0 Å². The van der Waals surface area contributed by atoms with Crippen molar-refractivity contribution in [2.75, 3.05) is 49.8 Å². The molecule has 0 aromatic heterocycles. The monoisotopic (exact) mass is 472 g/mol.